The Morgan fingerprint density at radius 3 is 2.31 bits per heavy atom. The van der Waals surface area contributed by atoms with E-state index in [2.05, 4.69) is 0 Å². The van der Waals surface area contributed by atoms with Gasteiger partial charge in [-0.15, -0.1) is 11.8 Å². The lowest BCUT2D eigenvalue weighted by Gasteiger charge is -2.34. The highest BCUT2D eigenvalue weighted by Gasteiger charge is 2.31. The average molecular weight is 445 g/mol. The van der Waals surface area contributed by atoms with E-state index in [-0.39, 0.29) is 44.3 Å². The molecule has 3 rings (SSSR count). The van der Waals surface area contributed by atoms with Crippen LogP contribution in [0, 0.1) is 17.5 Å². The molecule has 29 heavy (non-hydrogen) atoms. The van der Waals surface area contributed by atoms with Crippen molar-refractivity contribution < 1.29 is 26.4 Å². The second kappa shape index (κ2) is 9.19. The molecule has 0 radical (unpaired) electrons. The molecule has 0 N–H and O–H groups in total. The third-order valence-corrected chi connectivity index (χ3v) is 7.50. The Hall–Kier alpha value is -2.04. The second-order valence-electron chi connectivity index (χ2n) is 6.39. The largest absolute Gasteiger partial charge is 0.340 e. The van der Waals surface area contributed by atoms with Crippen LogP contribution < -0.4 is 0 Å². The quantitative estimate of drug-likeness (QED) is 0.643. The molecule has 0 spiro atoms. The molecule has 5 nitrogen and oxygen atoms in total. The van der Waals surface area contributed by atoms with E-state index in [1.165, 1.54) is 22.7 Å². The van der Waals surface area contributed by atoms with Gasteiger partial charge in [-0.25, -0.2) is 21.6 Å². The Balaban J connectivity index is 1.53. The molecule has 1 saturated heterocycles. The molecule has 1 amide bonds. The maximum atomic E-state index is 13.9. The smallest absolute Gasteiger partial charge is 0.246 e. The molecule has 1 aliphatic rings. The van der Waals surface area contributed by atoms with Gasteiger partial charge in [-0.05, 0) is 24.3 Å². The summed E-state index contributed by atoms with van der Waals surface area (Å²) in [6, 6.07) is 8.63. The van der Waals surface area contributed by atoms with Gasteiger partial charge in [0.25, 0.3) is 0 Å². The zero-order valence-corrected chi connectivity index (χ0v) is 17.0. The van der Waals surface area contributed by atoms with Crippen LogP contribution >= 0.6 is 11.8 Å². The van der Waals surface area contributed by atoms with Crippen LogP contribution in [-0.4, -0.2) is 55.5 Å². The third-order valence-electron chi connectivity index (χ3n) is 4.51. The number of benzene rings is 2. The molecule has 1 heterocycles. The van der Waals surface area contributed by atoms with E-state index in [1.54, 1.807) is 18.2 Å². The molecule has 0 bridgehead atoms. The molecule has 2 aromatic rings. The van der Waals surface area contributed by atoms with Gasteiger partial charge in [-0.3, -0.25) is 4.79 Å². The van der Waals surface area contributed by atoms with Crippen molar-refractivity contribution >= 4 is 27.7 Å². The van der Waals surface area contributed by atoms with Crippen molar-refractivity contribution in [3.63, 3.8) is 0 Å². The Labute approximate surface area is 171 Å². The van der Waals surface area contributed by atoms with Gasteiger partial charge in [-0.2, -0.15) is 4.31 Å². The van der Waals surface area contributed by atoms with Gasteiger partial charge in [0.1, 0.15) is 22.3 Å². The van der Waals surface area contributed by atoms with E-state index in [4.69, 9.17) is 0 Å². The number of nitrogens with zero attached hydrogens (tertiary/aromatic N) is 2. The second-order valence-corrected chi connectivity index (χ2v) is 9.43. The summed E-state index contributed by atoms with van der Waals surface area (Å²) in [4.78, 5) is 13.8. The van der Waals surface area contributed by atoms with Crippen LogP contribution in [0.15, 0.2) is 52.3 Å². The Kier molecular flexibility index (Phi) is 6.86. The lowest BCUT2D eigenvalue weighted by Crippen LogP contribution is -2.50. The van der Waals surface area contributed by atoms with Gasteiger partial charge in [0, 0.05) is 49.3 Å². The normalized spacial score (nSPS) is 15.5. The van der Waals surface area contributed by atoms with Crippen LogP contribution in [0.2, 0.25) is 0 Å². The van der Waals surface area contributed by atoms with Gasteiger partial charge < -0.3 is 4.90 Å². The number of carbonyl (C=O) groups excluding carboxylic acids is 1. The summed E-state index contributed by atoms with van der Waals surface area (Å²) >= 11 is 1.24. The minimum Gasteiger partial charge on any atom is -0.340 e. The molecule has 0 unspecified atom stereocenters. The van der Waals surface area contributed by atoms with Crippen LogP contribution in [0.1, 0.15) is 6.42 Å². The first-order valence-corrected chi connectivity index (χ1v) is 11.3. The summed E-state index contributed by atoms with van der Waals surface area (Å²) in [5.74, 6) is -2.09. The van der Waals surface area contributed by atoms with E-state index in [9.17, 15) is 26.4 Å². The first kappa shape index (κ1) is 21.7. The SMILES string of the molecule is O=C(CCSc1ccccc1F)N1CCN(S(=O)(=O)c2ccc(F)cc2F)CC1. The fraction of sp³-hybridized carbons (Fsp3) is 0.316. The number of carbonyl (C=O) groups is 1. The van der Waals surface area contributed by atoms with Crippen LogP contribution in [0.4, 0.5) is 13.2 Å². The highest BCUT2D eigenvalue weighted by atomic mass is 32.2. The van der Waals surface area contributed by atoms with Crippen molar-refractivity contribution in [1.29, 1.82) is 0 Å². The van der Waals surface area contributed by atoms with Crippen molar-refractivity contribution in [1.82, 2.24) is 9.21 Å². The number of halogens is 3. The molecular formula is C19H19F3N2O3S2. The summed E-state index contributed by atoms with van der Waals surface area (Å²) in [7, 11) is -4.11. The maximum Gasteiger partial charge on any atom is 0.246 e. The monoisotopic (exact) mass is 444 g/mol. The predicted octanol–water partition coefficient (Wildman–Crippen LogP) is 3.12. The van der Waals surface area contributed by atoms with Crippen molar-refractivity contribution in [2.24, 2.45) is 0 Å². The molecule has 1 aliphatic heterocycles. The summed E-state index contributed by atoms with van der Waals surface area (Å²) in [6.45, 7) is 0.382. The summed E-state index contributed by atoms with van der Waals surface area (Å²) in [5, 5.41) is 0. The molecule has 156 valence electrons. The first-order chi connectivity index (χ1) is 13.8. The number of hydrogen-bond donors (Lipinski definition) is 0. The van der Waals surface area contributed by atoms with E-state index in [0.29, 0.717) is 16.7 Å². The molecule has 0 atom stereocenters. The van der Waals surface area contributed by atoms with Crippen LogP contribution in [0.25, 0.3) is 0 Å². The van der Waals surface area contributed by atoms with Gasteiger partial charge in [-0.1, -0.05) is 12.1 Å². The van der Waals surface area contributed by atoms with Crippen molar-refractivity contribution in [2.75, 3.05) is 31.9 Å². The minimum absolute atomic E-state index is 0.0192. The van der Waals surface area contributed by atoms with Crippen molar-refractivity contribution in [2.45, 2.75) is 16.2 Å². The van der Waals surface area contributed by atoms with Gasteiger partial charge in [0.2, 0.25) is 15.9 Å². The first-order valence-electron chi connectivity index (χ1n) is 8.89. The van der Waals surface area contributed by atoms with Gasteiger partial charge in [0.05, 0.1) is 0 Å². The highest BCUT2D eigenvalue weighted by Crippen LogP contribution is 2.23. The van der Waals surface area contributed by atoms with Gasteiger partial charge in [0.15, 0.2) is 0 Å². The fourth-order valence-electron chi connectivity index (χ4n) is 2.97. The molecule has 2 aromatic carbocycles. The predicted molar refractivity (Wildman–Crippen MR) is 103 cm³/mol. The standard InChI is InChI=1S/C19H19F3N2O3S2/c20-14-5-6-18(16(22)13-14)29(26,27)24-10-8-23(9-11-24)19(25)7-12-28-17-4-2-1-3-15(17)21/h1-6,13H,7-12H2. The van der Waals surface area contributed by atoms with E-state index < -0.39 is 26.6 Å². The number of hydrogen-bond acceptors (Lipinski definition) is 4. The maximum absolute atomic E-state index is 13.9. The summed E-state index contributed by atoms with van der Waals surface area (Å²) < 4.78 is 66.7. The van der Waals surface area contributed by atoms with Crippen LogP contribution in [0.5, 0.6) is 0 Å². The Morgan fingerprint density at radius 2 is 1.66 bits per heavy atom. The minimum atomic E-state index is -4.11. The highest BCUT2D eigenvalue weighted by molar-refractivity contribution is 7.99. The molecule has 0 aromatic heterocycles. The number of amides is 1. The van der Waals surface area contributed by atoms with E-state index >= 15 is 0 Å². The van der Waals surface area contributed by atoms with Crippen molar-refractivity contribution in [3.8, 4) is 0 Å². The van der Waals surface area contributed by atoms with E-state index in [1.807, 2.05) is 0 Å². The van der Waals surface area contributed by atoms with Crippen LogP contribution in [-0.2, 0) is 14.8 Å². The van der Waals surface area contributed by atoms with Crippen LogP contribution in [0.3, 0.4) is 0 Å². The molecular weight excluding hydrogens is 425 g/mol. The zero-order valence-electron chi connectivity index (χ0n) is 15.4. The van der Waals surface area contributed by atoms with Crippen molar-refractivity contribution in [3.05, 3.63) is 59.9 Å². The molecule has 1 fully saturated rings. The lowest BCUT2D eigenvalue weighted by molar-refractivity contribution is -0.131. The Morgan fingerprint density at radius 1 is 0.966 bits per heavy atom. The van der Waals surface area contributed by atoms with E-state index in [0.717, 1.165) is 16.4 Å². The molecule has 0 saturated carbocycles. The zero-order chi connectivity index (χ0) is 21.0. The summed E-state index contributed by atoms with van der Waals surface area (Å²) in [5.41, 5.74) is 0. The average Bonchev–Trinajstić information content (AvgIpc) is 2.69. The van der Waals surface area contributed by atoms with Gasteiger partial charge >= 0.3 is 0 Å². The number of thioether (sulfide) groups is 1. The number of sulfonamides is 1. The molecule has 10 heteroatoms. The topological polar surface area (TPSA) is 57.7 Å². The fourth-order valence-corrected chi connectivity index (χ4v) is 5.31. The lowest BCUT2D eigenvalue weighted by atomic mass is 10.3. The Bertz CT molecular complexity index is 994. The summed E-state index contributed by atoms with van der Waals surface area (Å²) in [6.07, 6.45) is 0.193. The molecule has 0 aliphatic carbocycles. The number of rotatable bonds is 6. The third kappa shape index (κ3) is 5.12. The number of piperazine rings is 1.